The summed E-state index contributed by atoms with van der Waals surface area (Å²) in [6.45, 7) is 5.86. The number of carbonyl (C=O) groups excluding carboxylic acids is 2. The quantitative estimate of drug-likeness (QED) is 0.427. The van der Waals surface area contributed by atoms with E-state index in [0.29, 0.717) is 0 Å². The molecule has 7 nitrogen and oxygen atoms in total. The smallest absolute Gasteiger partial charge is 0.338 e. The molecule has 0 radical (unpaired) electrons. The van der Waals surface area contributed by atoms with Crippen molar-refractivity contribution in [2.75, 3.05) is 13.2 Å². The minimum absolute atomic E-state index is 0.00550. The van der Waals surface area contributed by atoms with Crippen LogP contribution >= 0.6 is 11.6 Å². The Morgan fingerprint density at radius 3 is 2.62 bits per heavy atom. The van der Waals surface area contributed by atoms with Crippen LogP contribution in [0.3, 0.4) is 0 Å². The summed E-state index contributed by atoms with van der Waals surface area (Å²) in [5.74, 6) is -3.68. The van der Waals surface area contributed by atoms with Crippen molar-refractivity contribution in [3.8, 4) is 6.07 Å². The first-order chi connectivity index (χ1) is 13.7. The number of nitrogens with zero attached hydrogens (tertiary/aromatic N) is 1. The Balaban J connectivity index is 2.34. The summed E-state index contributed by atoms with van der Waals surface area (Å²) < 4.78 is 29.8. The number of halogens is 2. The number of benzene rings is 1. The third-order valence-electron chi connectivity index (χ3n) is 4.01. The molecule has 0 bridgehead atoms. The van der Waals surface area contributed by atoms with Gasteiger partial charge in [0, 0.05) is 16.2 Å². The molecule has 2 N–H and O–H groups in total. The first-order valence-electron chi connectivity index (χ1n) is 8.41. The Morgan fingerprint density at radius 1 is 1.38 bits per heavy atom. The van der Waals surface area contributed by atoms with E-state index in [1.807, 2.05) is 6.07 Å². The van der Waals surface area contributed by atoms with Gasteiger partial charge in [0.05, 0.1) is 11.5 Å². The highest BCUT2D eigenvalue weighted by Crippen LogP contribution is 2.43. The first kappa shape index (κ1) is 22.0. The molecule has 1 aliphatic heterocycles. The van der Waals surface area contributed by atoms with Crippen molar-refractivity contribution in [1.29, 1.82) is 5.26 Å². The van der Waals surface area contributed by atoms with Crippen LogP contribution in [0.15, 0.2) is 53.1 Å². The topological polar surface area (TPSA) is 112 Å². The van der Waals surface area contributed by atoms with Crippen LogP contribution in [0.2, 0.25) is 5.02 Å². The van der Waals surface area contributed by atoms with E-state index >= 15 is 0 Å². The van der Waals surface area contributed by atoms with Gasteiger partial charge in [0.1, 0.15) is 36.4 Å². The fraction of sp³-hybridized carbons (Fsp3) is 0.250. The van der Waals surface area contributed by atoms with Crippen molar-refractivity contribution in [2.24, 2.45) is 5.73 Å². The van der Waals surface area contributed by atoms with E-state index in [2.05, 4.69) is 6.58 Å². The number of allylic oxidation sites excluding steroid dienone is 2. The van der Waals surface area contributed by atoms with Gasteiger partial charge in [-0.05, 0) is 26.0 Å². The van der Waals surface area contributed by atoms with Crippen molar-refractivity contribution in [3.05, 3.63) is 69.5 Å². The molecule has 0 unspecified atom stereocenters. The largest absolute Gasteiger partial charge is 0.459 e. The molecule has 1 aliphatic rings. The third kappa shape index (κ3) is 4.76. The number of rotatable bonds is 6. The molecule has 1 aromatic rings. The Morgan fingerprint density at radius 2 is 2.03 bits per heavy atom. The zero-order valence-corrected chi connectivity index (χ0v) is 16.5. The van der Waals surface area contributed by atoms with Gasteiger partial charge in [0.25, 0.3) is 0 Å². The van der Waals surface area contributed by atoms with Crippen LogP contribution in [0.25, 0.3) is 0 Å². The molecule has 0 spiro atoms. The van der Waals surface area contributed by atoms with Crippen LogP contribution in [0, 0.1) is 17.1 Å². The summed E-state index contributed by atoms with van der Waals surface area (Å²) in [7, 11) is 0. The van der Waals surface area contributed by atoms with Crippen LogP contribution in [0.5, 0.6) is 0 Å². The van der Waals surface area contributed by atoms with Gasteiger partial charge in [-0.15, -0.1) is 0 Å². The van der Waals surface area contributed by atoms with E-state index in [-0.39, 0.29) is 52.2 Å². The fourth-order valence-corrected chi connectivity index (χ4v) is 2.96. The second-order valence-corrected chi connectivity index (χ2v) is 6.49. The second kappa shape index (κ2) is 9.26. The van der Waals surface area contributed by atoms with Crippen molar-refractivity contribution in [1.82, 2.24) is 0 Å². The van der Waals surface area contributed by atoms with Gasteiger partial charge in [-0.25, -0.2) is 14.0 Å². The summed E-state index contributed by atoms with van der Waals surface area (Å²) in [5.41, 5.74) is 5.56. The Hall–Kier alpha value is -3.31. The normalized spacial score (nSPS) is 16.0. The highest BCUT2D eigenvalue weighted by molar-refractivity contribution is 6.31. The predicted octanol–water partition coefficient (Wildman–Crippen LogP) is 3.22. The maximum Gasteiger partial charge on any atom is 0.338 e. The van der Waals surface area contributed by atoms with Crippen molar-refractivity contribution < 1.29 is 28.2 Å². The van der Waals surface area contributed by atoms with Gasteiger partial charge in [0.2, 0.25) is 5.88 Å². The number of nitrogens with two attached hydrogens (primary N) is 1. The highest BCUT2D eigenvalue weighted by atomic mass is 35.5. The molecule has 9 heteroatoms. The molecule has 0 saturated heterocycles. The number of hydrogen-bond donors (Lipinski definition) is 1. The summed E-state index contributed by atoms with van der Waals surface area (Å²) in [6.07, 6.45) is 0. The molecule has 152 valence electrons. The summed E-state index contributed by atoms with van der Waals surface area (Å²) in [5, 5.41) is 9.52. The van der Waals surface area contributed by atoms with E-state index in [4.69, 9.17) is 31.5 Å². The average Bonchev–Trinajstić information content (AvgIpc) is 2.64. The molecule has 2 rings (SSSR count). The Kier molecular flexibility index (Phi) is 7.02. The molecule has 1 aromatic carbocycles. The van der Waals surface area contributed by atoms with Gasteiger partial charge in [-0.3, -0.25) is 0 Å². The standard InChI is InChI=1S/C20H18ClFN2O5/c1-10(2)19(25)27-7-8-28-20(26)15-11(3)29-18(24)12(9-23)16(15)17-13(21)5-4-6-14(17)22/h4-6,16H,1,7-8,24H2,2-3H3/t16-/m1/s1. The van der Waals surface area contributed by atoms with Gasteiger partial charge < -0.3 is 19.9 Å². The summed E-state index contributed by atoms with van der Waals surface area (Å²) in [4.78, 5) is 24.1. The Bertz CT molecular complexity index is 957. The lowest BCUT2D eigenvalue weighted by Gasteiger charge is -2.27. The number of hydrogen-bond acceptors (Lipinski definition) is 7. The molecule has 0 fully saturated rings. The van der Waals surface area contributed by atoms with E-state index < -0.39 is 23.7 Å². The molecule has 0 saturated carbocycles. The maximum atomic E-state index is 14.6. The number of nitriles is 1. The van der Waals surface area contributed by atoms with Gasteiger partial charge in [-0.1, -0.05) is 24.2 Å². The monoisotopic (exact) mass is 420 g/mol. The number of ether oxygens (including phenoxy) is 3. The Labute approximate surface area is 171 Å². The number of esters is 2. The lowest BCUT2D eigenvalue weighted by molar-refractivity contribution is -0.147. The lowest BCUT2D eigenvalue weighted by atomic mass is 9.82. The van der Waals surface area contributed by atoms with Gasteiger partial charge >= 0.3 is 11.9 Å². The van der Waals surface area contributed by atoms with Crippen molar-refractivity contribution in [2.45, 2.75) is 19.8 Å². The van der Waals surface area contributed by atoms with Crippen molar-refractivity contribution in [3.63, 3.8) is 0 Å². The van der Waals surface area contributed by atoms with Gasteiger partial charge in [0.15, 0.2) is 0 Å². The third-order valence-corrected chi connectivity index (χ3v) is 4.34. The fourth-order valence-electron chi connectivity index (χ4n) is 2.69. The minimum atomic E-state index is -1.21. The molecular weight excluding hydrogens is 403 g/mol. The summed E-state index contributed by atoms with van der Waals surface area (Å²) >= 11 is 6.15. The molecule has 1 heterocycles. The minimum Gasteiger partial charge on any atom is -0.459 e. The molecule has 1 atom stereocenters. The maximum absolute atomic E-state index is 14.6. The van der Waals surface area contributed by atoms with Crippen LogP contribution in [0.4, 0.5) is 4.39 Å². The summed E-state index contributed by atoms with van der Waals surface area (Å²) in [6, 6.07) is 5.81. The SMILES string of the molecule is C=C(C)C(=O)OCCOC(=O)C1=C(C)OC(N)=C(C#N)[C@H]1c1c(F)cccc1Cl. The molecular formula is C20H18ClFN2O5. The average molecular weight is 421 g/mol. The van der Waals surface area contributed by atoms with Crippen LogP contribution in [0.1, 0.15) is 25.3 Å². The van der Waals surface area contributed by atoms with E-state index in [9.17, 15) is 19.2 Å². The molecule has 0 aliphatic carbocycles. The first-order valence-corrected chi connectivity index (χ1v) is 8.78. The van der Waals surface area contributed by atoms with E-state index in [1.165, 1.54) is 26.0 Å². The zero-order chi connectivity index (χ0) is 21.7. The van der Waals surface area contributed by atoms with Crippen LogP contribution in [-0.2, 0) is 23.8 Å². The van der Waals surface area contributed by atoms with Gasteiger partial charge in [-0.2, -0.15) is 5.26 Å². The lowest BCUT2D eigenvalue weighted by Crippen LogP contribution is -2.27. The van der Waals surface area contributed by atoms with Crippen molar-refractivity contribution >= 4 is 23.5 Å². The van der Waals surface area contributed by atoms with E-state index in [0.717, 1.165) is 6.07 Å². The molecule has 0 amide bonds. The van der Waals surface area contributed by atoms with E-state index in [1.54, 1.807) is 0 Å². The highest BCUT2D eigenvalue weighted by Gasteiger charge is 2.38. The second-order valence-electron chi connectivity index (χ2n) is 6.08. The van der Waals surface area contributed by atoms with Crippen LogP contribution < -0.4 is 5.73 Å². The molecule has 0 aromatic heterocycles. The number of carbonyl (C=O) groups is 2. The predicted molar refractivity (Wildman–Crippen MR) is 101 cm³/mol. The molecule has 29 heavy (non-hydrogen) atoms. The van der Waals surface area contributed by atoms with Crippen LogP contribution in [-0.4, -0.2) is 25.2 Å². The zero-order valence-electron chi connectivity index (χ0n) is 15.8.